The van der Waals surface area contributed by atoms with Crippen LogP contribution in [0.4, 0.5) is 10.8 Å². The number of nitriles is 1. The number of rotatable bonds is 6. The van der Waals surface area contributed by atoms with E-state index in [0.717, 1.165) is 64.2 Å². The van der Waals surface area contributed by atoms with Gasteiger partial charge in [-0.05, 0) is 51.0 Å². The van der Waals surface area contributed by atoms with E-state index in [4.69, 9.17) is 10.2 Å². The van der Waals surface area contributed by atoms with Gasteiger partial charge in [-0.1, -0.05) is 11.3 Å². The molecule has 0 aromatic carbocycles. The van der Waals surface area contributed by atoms with Crippen molar-refractivity contribution in [3.8, 4) is 28.0 Å². The third kappa shape index (κ3) is 4.85. The molecule has 1 amide bonds. The predicted octanol–water partition coefficient (Wildman–Crippen LogP) is 3.71. The summed E-state index contributed by atoms with van der Waals surface area (Å²) in [7, 11) is 0. The average Bonchev–Trinajstić information content (AvgIpc) is 3.50. The summed E-state index contributed by atoms with van der Waals surface area (Å²) in [4.78, 5) is 18.4. The number of nitrogens with zero attached hydrogens (tertiary/aromatic N) is 7. The number of hydrogen-bond donors (Lipinski definition) is 2. The minimum absolute atomic E-state index is 0.00756. The minimum Gasteiger partial charge on any atom is -0.382 e. The molecule has 1 saturated heterocycles. The molecule has 1 aliphatic rings. The zero-order chi connectivity index (χ0) is 25.2. The number of piperidine rings is 1. The Balaban J connectivity index is 1.46. The Morgan fingerprint density at radius 2 is 2.11 bits per heavy atom. The van der Waals surface area contributed by atoms with E-state index >= 15 is 0 Å². The van der Waals surface area contributed by atoms with Crippen LogP contribution in [-0.2, 0) is 4.79 Å². The Hall–Kier alpha value is -4.04. The Kier molecular flexibility index (Phi) is 6.52. The van der Waals surface area contributed by atoms with Crippen molar-refractivity contribution in [1.29, 1.82) is 5.26 Å². The summed E-state index contributed by atoms with van der Waals surface area (Å²) >= 11 is 1.53. The lowest BCUT2D eigenvalue weighted by Crippen LogP contribution is -2.47. The summed E-state index contributed by atoms with van der Waals surface area (Å²) < 4.78 is 1.78. The summed E-state index contributed by atoms with van der Waals surface area (Å²) in [6.07, 6.45) is 5.34. The number of carbonyl (C=O) groups excluding carboxylic acids is 1. The SMILES string of the molecule is CC(=O)N[C@H]1CCCN(c2nnc(-c3cnc(-c4ccc5cc(C#N)cnn45)cc3NC(C)C)s2)C1. The van der Waals surface area contributed by atoms with E-state index in [-0.39, 0.29) is 18.0 Å². The molecule has 0 spiro atoms. The van der Waals surface area contributed by atoms with Crippen LogP contribution in [0.3, 0.4) is 0 Å². The van der Waals surface area contributed by atoms with Gasteiger partial charge in [-0.3, -0.25) is 9.78 Å². The third-order valence-corrected chi connectivity index (χ3v) is 7.00. The monoisotopic (exact) mass is 501 g/mol. The summed E-state index contributed by atoms with van der Waals surface area (Å²) in [5, 5.41) is 30.7. The molecule has 0 saturated carbocycles. The zero-order valence-electron chi connectivity index (χ0n) is 20.4. The molecule has 1 aliphatic heterocycles. The van der Waals surface area contributed by atoms with Crippen LogP contribution in [-0.4, -0.2) is 55.9 Å². The first kappa shape index (κ1) is 23.7. The van der Waals surface area contributed by atoms with E-state index in [0.29, 0.717) is 5.56 Å². The van der Waals surface area contributed by atoms with Crippen molar-refractivity contribution in [2.75, 3.05) is 23.3 Å². The standard InChI is InChI=1S/C25H27N9OS/c1-15(2)29-21-10-22(23-7-6-19-9-17(11-26)12-28-34(19)23)27-13-20(21)24-31-32-25(36-24)33-8-4-5-18(14-33)30-16(3)35/h6-7,9-10,12-13,15,18H,4-5,8,14H2,1-3H3,(H,27,29)(H,30,35)/t18-/m0/s1. The molecule has 1 atom stereocenters. The van der Waals surface area contributed by atoms with Crippen molar-refractivity contribution in [3.63, 3.8) is 0 Å². The van der Waals surface area contributed by atoms with E-state index in [9.17, 15) is 4.79 Å². The number of fused-ring (bicyclic) bond motifs is 1. The maximum Gasteiger partial charge on any atom is 0.217 e. The predicted molar refractivity (Wildman–Crippen MR) is 140 cm³/mol. The molecule has 0 unspecified atom stereocenters. The van der Waals surface area contributed by atoms with Crippen LogP contribution >= 0.6 is 11.3 Å². The molecule has 5 rings (SSSR count). The van der Waals surface area contributed by atoms with Gasteiger partial charge in [0.15, 0.2) is 5.01 Å². The highest BCUT2D eigenvalue weighted by Crippen LogP contribution is 2.36. The van der Waals surface area contributed by atoms with E-state index in [1.807, 2.05) is 24.4 Å². The minimum atomic E-state index is -0.00756. The molecule has 2 N–H and O–H groups in total. The van der Waals surface area contributed by atoms with E-state index in [2.05, 4.69) is 50.7 Å². The van der Waals surface area contributed by atoms with Crippen LogP contribution in [0.15, 0.2) is 36.7 Å². The van der Waals surface area contributed by atoms with E-state index in [1.54, 1.807) is 23.7 Å². The first-order chi connectivity index (χ1) is 17.4. The molecule has 4 aromatic heterocycles. The molecular weight excluding hydrogens is 474 g/mol. The van der Waals surface area contributed by atoms with Gasteiger partial charge in [0.2, 0.25) is 11.0 Å². The highest BCUT2D eigenvalue weighted by Gasteiger charge is 2.24. The summed E-state index contributed by atoms with van der Waals surface area (Å²) in [6, 6.07) is 10.1. The molecular formula is C25H27N9OS. The fourth-order valence-corrected chi connectivity index (χ4v) is 5.36. The number of anilines is 2. The fraction of sp³-hybridized carbons (Fsp3) is 0.360. The van der Waals surface area contributed by atoms with Gasteiger partial charge in [-0.25, -0.2) is 4.52 Å². The number of aromatic nitrogens is 5. The summed E-state index contributed by atoms with van der Waals surface area (Å²) in [5.74, 6) is -0.00756. The van der Waals surface area contributed by atoms with Crippen molar-refractivity contribution in [2.24, 2.45) is 0 Å². The molecule has 0 radical (unpaired) electrons. The van der Waals surface area contributed by atoms with Crippen LogP contribution in [0.25, 0.3) is 27.5 Å². The first-order valence-corrected chi connectivity index (χ1v) is 12.7. The Morgan fingerprint density at radius 3 is 2.89 bits per heavy atom. The second-order valence-electron chi connectivity index (χ2n) is 9.20. The van der Waals surface area contributed by atoms with Gasteiger partial charge in [0.1, 0.15) is 6.07 Å². The molecule has 5 heterocycles. The maximum atomic E-state index is 11.5. The van der Waals surface area contributed by atoms with Gasteiger partial charge in [0, 0.05) is 44.0 Å². The van der Waals surface area contributed by atoms with E-state index < -0.39 is 0 Å². The number of hydrogen-bond acceptors (Lipinski definition) is 9. The zero-order valence-corrected chi connectivity index (χ0v) is 21.2. The van der Waals surface area contributed by atoms with Crippen LogP contribution < -0.4 is 15.5 Å². The van der Waals surface area contributed by atoms with E-state index in [1.165, 1.54) is 11.3 Å². The molecule has 1 fully saturated rings. The average molecular weight is 502 g/mol. The summed E-state index contributed by atoms with van der Waals surface area (Å²) in [5.41, 5.74) is 4.74. The third-order valence-electron chi connectivity index (χ3n) is 5.98. The Bertz CT molecular complexity index is 1450. The van der Waals surface area contributed by atoms with Crippen molar-refractivity contribution in [3.05, 3.63) is 42.2 Å². The molecule has 0 bridgehead atoms. The van der Waals surface area contributed by atoms with Gasteiger partial charge in [-0.2, -0.15) is 10.4 Å². The maximum absolute atomic E-state index is 11.5. The highest BCUT2D eigenvalue weighted by atomic mass is 32.1. The van der Waals surface area contributed by atoms with Gasteiger partial charge >= 0.3 is 0 Å². The van der Waals surface area contributed by atoms with Crippen LogP contribution in [0.2, 0.25) is 0 Å². The number of pyridine rings is 1. The van der Waals surface area contributed by atoms with Gasteiger partial charge in [0.25, 0.3) is 0 Å². The lowest BCUT2D eigenvalue weighted by atomic mass is 10.1. The number of amides is 1. The Labute approximate surface area is 213 Å². The number of nitrogens with one attached hydrogen (secondary N) is 2. The lowest BCUT2D eigenvalue weighted by Gasteiger charge is -2.32. The van der Waals surface area contributed by atoms with Crippen LogP contribution in [0, 0.1) is 11.3 Å². The van der Waals surface area contributed by atoms with Crippen molar-refractivity contribution in [1.82, 2.24) is 30.1 Å². The van der Waals surface area contributed by atoms with Crippen LogP contribution in [0.1, 0.15) is 39.2 Å². The smallest absolute Gasteiger partial charge is 0.217 e. The first-order valence-electron chi connectivity index (χ1n) is 11.9. The normalized spacial score (nSPS) is 15.8. The van der Waals surface area contributed by atoms with Gasteiger partial charge < -0.3 is 15.5 Å². The Morgan fingerprint density at radius 1 is 1.25 bits per heavy atom. The molecule has 4 aromatic rings. The van der Waals surface area contributed by atoms with Crippen molar-refractivity contribution >= 4 is 33.6 Å². The topological polar surface area (TPSA) is 124 Å². The van der Waals surface area contributed by atoms with Crippen molar-refractivity contribution < 1.29 is 4.79 Å². The molecule has 10 nitrogen and oxygen atoms in total. The lowest BCUT2D eigenvalue weighted by molar-refractivity contribution is -0.119. The quantitative estimate of drug-likeness (QED) is 0.410. The fourth-order valence-electron chi connectivity index (χ4n) is 4.46. The molecule has 36 heavy (non-hydrogen) atoms. The molecule has 11 heteroatoms. The van der Waals surface area contributed by atoms with Gasteiger partial charge in [-0.15, -0.1) is 10.2 Å². The second kappa shape index (κ2) is 9.91. The second-order valence-corrected chi connectivity index (χ2v) is 10.2. The molecule has 0 aliphatic carbocycles. The van der Waals surface area contributed by atoms with Crippen LogP contribution in [0.5, 0.6) is 0 Å². The highest BCUT2D eigenvalue weighted by molar-refractivity contribution is 7.18. The van der Waals surface area contributed by atoms with Gasteiger partial charge in [0.05, 0.1) is 34.2 Å². The molecule has 184 valence electrons. The summed E-state index contributed by atoms with van der Waals surface area (Å²) in [6.45, 7) is 7.34. The van der Waals surface area contributed by atoms with Crippen molar-refractivity contribution in [2.45, 2.75) is 45.7 Å². The largest absolute Gasteiger partial charge is 0.382 e. The number of carbonyl (C=O) groups is 1.